The van der Waals surface area contributed by atoms with Crippen molar-refractivity contribution >= 4 is 81.1 Å². The van der Waals surface area contributed by atoms with Crippen LogP contribution in [0.15, 0.2) is 84.9 Å². The van der Waals surface area contributed by atoms with Gasteiger partial charge in [0, 0.05) is 24.5 Å². The number of rotatable bonds is 13. The topological polar surface area (TPSA) is 132 Å². The van der Waals surface area contributed by atoms with Crippen molar-refractivity contribution in [3.8, 4) is 0 Å². The molecule has 0 aliphatic rings. The van der Waals surface area contributed by atoms with Gasteiger partial charge in [-0.1, -0.05) is 102 Å². The molecule has 4 aromatic carbocycles. The van der Waals surface area contributed by atoms with Gasteiger partial charge in [-0.2, -0.15) is 0 Å². The molecule has 0 bridgehead atoms. The van der Waals surface area contributed by atoms with Gasteiger partial charge in [-0.25, -0.2) is 0 Å². The average Bonchev–Trinajstić information content (AvgIpc) is 3.03. The molecule has 0 aromatic heterocycles. The number of likely N-dealkylation sites (N-methyl/N-ethyl adjacent to an activating group) is 2. The Morgan fingerprint density at radius 1 is 0.646 bits per heavy atom. The van der Waals surface area contributed by atoms with Crippen LogP contribution in [0.5, 0.6) is 0 Å². The van der Waals surface area contributed by atoms with E-state index in [2.05, 4.69) is 21.3 Å². The van der Waals surface area contributed by atoms with E-state index in [4.69, 9.17) is 61.4 Å². The van der Waals surface area contributed by atoms with Crippen molar-refractivity contribution in [3.63, 3.8) is 0 Å². The van der Waals surface area contributed by atoms with E-state index in [0.717, 1.165) is 11.3 Å². The van der Waals surface area contributed by atoms with Gasteiger partial charge in [-0.05, 0) is 61.6 Å². The van der Waals surface area contributed by atoms with Crippen LogP contribution in [0.3, 0.4) is 0 Å². The van der Waals surface area contributed by atoms with Crippen molar-refractivity contribution in [2.45, 2.75) is 20.3 Å². The fraction of sp³-hybridized carbons (Fsp3) is 0.257. The first-order valence-electron chi connectivity index (χ1n) is 14.5. The molecule has 0 fully saturated rings. The van der Waals surface area contributed by atoms with Crippen LogP contribution in [0.4, 0.5) is 22.7 Å². The van der Waals surface area contributed by atoms with Gasteiger partial charge in [-0.15, -0.1) is 0 Å². The molecular weight excluding hydrogens is 698 g/mol. The van der Waals surface area contributed by atoms with E-state index in [9.17, 15) is 9.59 Å². The van der Waals surface area contributed by atoms with Gasteiger partial charge in [0.2, 0.25) is 0 Å². The Bertz CT molecular complexity index is 1530. The largest absolute Gasteiger partial charge is 0.481 e. The van der Waals surface area contributed by atoms with Gasteiger partial charge in [0.25, 0.3) is 0 Å². The van der Waals surface area contributed by atoms with Crippen LogP contribution < -0.4 is 21.3 Å². The number of anilines is 4. The molecule has 4 aromatic rings. The maximum Gasteiger partial charge on any atom is 0.310 e. The normalized spacial score (nSPS) is 9.90. The number of carboxylic acid groups (broad SMARTS) is 1. The van der Waals surface area contributed by atoms with Crippen molar-refractivity contribution in [1.29, 1.82) is 0 Å². The number of carbonyl (C=O) groups excluding carboxylic acids is 1. The molecule has 4 rings (SSSR count). The Balaban J connectivity index is 0.000000418. The molecule has 0 radical (unpaired) electrons. The minimum atomic E-state index is -0.889. The average molecular weight is 741 g/mol. The van der Waals surface area contributed by atoms with Crippen LogP contribution >= 0.6 is 46.4 Å². The fourth-order valence-electron chi connectivity index (χ4n) is 3.84. The molecule has 0 spiro atoms. The maximum absolute atomic E-state index is 11.9. The van der Waals surface area contributed by atoms with Gasteiger partial charge < -0.3 is 36.2 Å². The van der Waals surface area contributed by atoms with Crippen molar-refractivity contribution in [2.75, 3.05) is 51.0 Å². The number of aliphatic hydroxyl groups is 1. The smallest absolute Gasteiger partial charge is 0.310 e. The summed E-state index contributed by atoms with van der Waals surface area (Å²) in [5, 5.41) is 30.9. The summed E-state index contributed by atoms with van der Waals surface area (Å²) in [6.45, 7) is 1.90. The number of carboxylic acids is 1. The van der Waals surface area contributed by atoms with Crippen LogP contribution in [-0.2, 0) is 27.2 Å². The van der Waals surface area contributed by atoms with E-state index in [-0.39, 0.29) is 32.8 Å². The second-order valence-corrected chi connectivity index (χ2v) is 11.3. The Hall–Kier alpha value is -3.54. The highest BCUT2D eigenvalue weighted by molar-refractivity contribution is 6.39. The monoisotopic (exact) mass is 738 g/mol. The lowest BCUT2D eigenvalue weighted by atomic mass is 10.1. The maximum atomic E-state index is 11.9. The van der Waals surface area contributed by atoms with Crippen LogP contribution in [0, 0.1) is 0 Å². The first kappa shape index (κ1) is 42.5. The number of nitrogens with one attached hydrogen (secondary N) is 4. The lowest BCUT2D eigenvalue weighted by molar-refractivity contribution is -0.142. The zero-order valence-corrected chi connectivity index (χ0v) is 29.0. The van der Waals surface area contributed by atoms with E-state index in [1.165, 1.54) is 0 Å². The third kappa shape index (κ3) is 15.1. The summed E-state index contributed by atoms with van der Waals surface area (Å²) < 4.78 is 5.16. The van der Waals surface area contributed by atoms with E-state index in [1.807, 2.05) is 30.3 Å². The third-order valence-electron chi connectivity index (χ3n) is 6.13. The minimum Gasteiger partial charge on any atom is -0.481 e. The highest BCUT2D eigenvalue weighted by atomic mass is 35.5. The highest BCUT2D eigenvalue weighted by Crippen LogP contribution is 2.35. The molecule has 0 unspecified atom stereocenters. The fourth-order valence-corrected chi connectivity index (χ4v) is 4.83. The van der Waals surface area contributed by atoms with Crippen molar-refractivity contribution in [1.82, 2.24) is 10.6 Å². The van der Waals surface area contributed by atoms with Gasteiger partial charge >= 0.3 is 11.9 Å². The summed E-state index contributed by atoms with van der Waals surface area (Å²) in [6.07, 6.45) is 0.111. The number of benzene rings is 4. The zero-order chi connectivity index (χ0) is 34.6. The van der Waals surface area contributed by atoms with Gasteiger partial charge in [0.05, 0.1) is 50.9 Å². The molecule has 9 nitrogen and oxygen atoms in total. The van der Waals surface area contributed by atoms with Crippen molar-refractivity contribution < 1.29 is 24.5 Å². The molecule has 0 aliphatic carbocycles. The summed E-state index contributed by atoms with van der Waals surface area (Å²) in [6, 6.07) is 25.1. The van der Waals surface area contributed by atoms with Gasteiger partial charge in [0.1, 0.15) is 6.61 Å². The molecule has 6 N–H and O–H groups in total. The lowest BCUT2D eigenvalue weighted by Crippen LogP contribution is -2.18. The number of aliphatic hydroxyl groups excluding tert-OH is 1. The van der Waals surface area contributed by atoms with E-state index < -0.39 is 5.97 Å². The Morgan fingerprint density at radius 2 is 1.06 bits per heavy atom. The predicted octanol–water partition coefficient (Wildman–Crippen LogP) is 8.24. The summed E-state index contributed by atoms with van der Waals surface area (Å²) in [5.41, 5.74) is 4.13. The van der Waals surface area contributed by atoms with Crippen LogP contribution in [0.2, 0.25) is 20.1 Å². The molecule has 0 saturated carbocycles. The number of carbonyl (C=O) groups is 2. The first-order valence-corrected chi connectivity index (χ1v) is 16.0. The Morgan fingerprint density at radius 3 is 1.44 bits per heavy atom. The SMILES string of the molecule is C.CNCCO.CNCCOC(=O)Cc1ccccc1Nc1c(Cl)cccc1Cl.O=C(O)Cc1ccccc1Nc1c(Cl)cccc1Cl. The molecule has 48 heavy (non-hydrogen) atoms. The molecule has 0 atom stereocenters. The van der Waals surface area contributed by atoms with Crippen LogP contribution in [0.1, 0.15) is 18.6 Å². The minimum absolute atomic E-state index is 0. The molecule has 260 valence electrons. The number of halogens is 4. The van der Waals surface area contributed by atoms with Crippen LogP contribution in [0.25, 0.3) is 0 Å². The van der Waals surface area contributed by atoms with Crippen molar-refractivity contribution in [2.24, 2.45) is 0 Å². The number of aliphatic carboxylic acids is 1. The van der Waals surface area contributed by atoms with Crippen molar-refractivity contribution in [3.05, 3.63) is 116 Å². The first-order chi connectivity index (χ1) is 22.6. The van der Waals surface area contributed by atoms with E-state index in [1.54, 1.807) is 68.7 Å². The van der Waals surface area contributed by atoms with E-state index >= 15 is 0 Å². The zero-order valence-electron chi connectivity index (χ0n) is 26.0. The molecule has 0 aliphatic heterocycles. The standard InChI is InChI=1S/C17H18Cl2N2O2.C14H11Cl2NO2.C3H9NO.CH4/c1-20-9-10-23-16(22)11-12-5-2-3-8-15(12)21-17-13(18)6-4-7-14(17)19;15-10-5-3-6-11(16)14(10)17-12-7-2-1-4-9(12)8-13(18)19;1-4-2-3-5;/h2-8,20-21H,9-11H2,1H3;1-7,17H,8H2,(H,18,19);4-5H,2-3H2,1H3;1H4. The number of para-hydroxylation sites is 4. The van der Waals surface area contributed by atoms with E-state index in [0.29, 0.717) is 62.4 Å². The lowest BCUT2D eigenvalue weighted by Gasteiger charge is -2.14. The molecule has 0 amide bonds. The second kappa shape index (κ2) is 23.7. The molecular formula is C35H42Cl4N4O5. The molecule has 0 saturated heterocycles. The second-order valence-electron chi connectivity index (χ2n) is 9.66. The summed E-state index contributed by atoms with van der Waals surface area (Å²) in [4.78, 5) is 22.7. The molecule has 0 heterocycles. The Labute approximate surface area is 302 Å². The summed E-state index contributed by atoms with van der Waals surface area (Å²) >= 11 is 24.5. The third-order valence-corrected chi connectivity index (χ3v) is 7.39. The summed E-state index contributed by atoms with van der Waals surface area (Å²) in [7, 11) is 3.61. The number of hydrogen-bond acceptors (Lipinski definition) is 8. The van der Waals surface area contributed by atoms with Gasteiger partial charge in [0.15, 0.2) is 0 Å². The number of hydrogen-bond donors (Lipinski definition) is 6. The number of esters is 1. The predicted molar refractivity (Wildman–Crippen MR) is 200 cm³/mol. The molecule has 13 heteroatoms. The summed E-state index contributed by atoms with van der Waals surface area (Å²) in [5.74, 6) is -1.17. The Kier molecular flexibility index (Phi) is 21.0. The van der Waals surface area contributed by atoms with Gasteiger partial charge in [-0.3, -0.25) is 9.59 Å². The van der Waals surface area contributed by atoms with Crippen LogP contribution in [-0.4, -0.2) is 62.6 Å². The number of ether oxygens (including phenoxy) is 1. The highest BCUT2D eigenvalue weighted by Gasteiger charge is 2.12. The quantitative estimate of drug-likeness (QED) is 0.0593.